The lowest BCUT2D eigenvalue weighted by Gasteiger charge is -2.18. The van der Waals surface area contributed by atoms with Crippen molar-refractivity contribution in [1.82, 2.24) is 29.4 Å². The van der Waals surface area contributed by atoms with Crippen LogP contribution in [0.3, 0.4) is 0 Å². The van der Waals surface area contributed by atoms with Crippen LogP contribution in [-0.4, -0.2) is 199 Å². The van der Waals surface area contributed by atoms with E-state index in [0.717, 1.165) is 75.9 Å². The number of carbonyl (C=O) groups is 8. The Labute approximate surface area is 762 Å². The summed E-state index contributed by atoms with van der Waals surface area (Å²) >= 11 is 18.1. The van der Waals surface area contributed by atoms with Gasteiger partial charge in [0.15, 0.2) is 0 Å². The molecular formula is C98H104Cl3F6N9O13. The van der Waals surface area contributed by atoms with Crippen LogP contribution in [0.4, 0.5) is 43.4 Å². The molecule has 7 amide bonds. The fourth-order valence-electron chi connectivity index (χ4n) is 13.7. The Morgan fingerprint density at radius 1 is 0.395 bits per heavy atom. The first kappa shape index (κ1) is 101. The molecule has 2 N–H and O–H groups in total. The maximum Gasteiger partial charge on any atom is 0.416 e. The second kappa shape index (κ2) is 45.2. The van der Waals surface area contributed by atoms with Crippen molar-refractivity contribution in [2.75, 3.05) is 138 Å². The number of ether oxygens (including phenoxy) is 5. The fraction of sp³-hybridized carbons (Fsp3) is 0.306. The molecule has 10 aromatic rings. The molecule has 682 valence electrons. The lowest BCUT2D eigenvalue weighted by molar-refractivity contribution is -0.138. The molecule has 0 saturated heterocycles. The van der Waals surface area contributed by atoms with Gasteiger partial charge in [-0.05, 0) is 259 Å². The number of fused-ring (bicyclic) bond motifs is 3. The van der Waals surface area contributed by atoms with Crippen molar-refractivity contribution in [1.29, 1.82) is 0 Å². The number of benzene rings is 10. The maximum atomic E-state index is 13.3. The van der Waals surface area contributed by atoms with Crippen LogP contribution in [0, 0.1) is 41.5 Å². The van der Waals surface area contributed by atoms with Gasteiger partial charge < -0.3 is 53.9 Å². The third-order valence-corrected chi connectivity index (χ3v) is 21.8. The van der Waals surface area contributed by atoms with Gasteiger partial charge in [-0.25, -0.2) is 4.90 Å². The molecule has 0 bridgehead atoms. The van der Waals surface area contributed by atoms with Crippen molar-refractivity contribution in [3.63, 3.8) is 0 Å². The first-order valence-electron chi connectivity index (χ1n) is 41.2. The zero-order chi connectivity index (χ0) is 94.6. The Hall–Kier alpha value is -12.2. The van der Waals surface area contributed by atoms with Gasteiger partial charge in [0.05, 0.1) is 82.1 Å². The fourth-order valence-corrected chi connectivity index (χ4v) is 14.0. The molecule has 13 rings (SSSR count). The quantitative estimate of drug-likeness (QED) is 0.0252. The van der Waals surface area contributed by atoms with Crippen molar-refractivity contribution in [2.24, 2.45) is 0 Å². The standard InChI is InChI=1S/C21H21F3N2O3.C21H24F3NO3.C20H21ClN2O3.C18H22ClN3O.C18H16ClNO3/c1-12-5-7-14(11-15(12)21(22,23)24)26-19(27)17-13(2)6-8-16(18(17)20(26)28)29-10-9-25(3)4;1-5-27-17-7-6-8-18(28-12-11-25(3)4)19(17)20(26)15-10-9-14(2)16(13-15)21(22,23)24;1-13-11-14(7-8-16(13)21)12-23-19(24)15-5-4-6-17(18(15)20(23)25)26-10-9-22(2)3;1-13-12-14(8-9-16(13)19)21-18(23)15-6-4-5-7-17(15)20-10-11-22(2)3;1-3-23-15-6-4-5-13-16(15)18(22)20(17(13)21)10-12-7-8-14(19)11(2)9-12/h5-8,11H,9-10H2,1-4H3;6-10,13H,5,11-12H2,1-4H3;4-8,11H,9-10,12H2,1-3H3;4-9,12,20H,10-11H2,1-3H3,(H,21,23);4-9H,3,10H2,1-2H3. The number of carbonyl (C=O) groups excluding carboxylic acids is 8. The molecule has 0 fully saturated rings. The Balaban J connectivity index is 0.000000182. The molecule has 31 heteroatoms. The molecule has 3 aliphatic heterocycles. The van der Waals surface area contributed by atoms with Crippen molar-refractivity contribution in [3.05, 3.63) is 303 Å². The summed E-state index contributed by atoms with van der Waals surface area (Å²) in [4.78, 5) is 114. The number of ketones is 1. The average molecular weight is 1840 g/mol. The first-order valence-corrected chi connectivity index (χ1v) is 42.4. The Bertz CT molecular complexity index is 5790. The van der Waals surface area contributed by atoms with Crippen LogP contribution in [0.15, 0.2) is 182 Å². The van der Waals surface area contributed by atoms with Crippen molar-refractivity contribution in [2.45, 2.75) is 80.8 Å². The van der Waals surface area contributed by atoms with E-state index in [-0.39, 0.29) is 98.9 Å². The molecule has 129 heavy (non-hydrogen) atoms. The SMILES string of the molecule is CCOc1cccc(OCCN(C)C)c1C(=O)c1ccc(C)c(C(F)(F)F)c1.CCOc1cccc2c1C(=O)N(Cc1ccc(Cl)c(C)c1)C2=O.Cc1cc(CN2C(=O)c3cccc(OCCN(C)C)c3C2=O)ccc1Cl.Cc1cc(NC(=O)c2ccccc2NCCN(C)C)ccc1Cl.Cc1ccc(N2C(=O)c3c(C)ccc(OCCN(C)C)c3C2=O)cc1C(F)(F)F. The monoisotopic (exact) mass is 1830 g/mol. The van der Waals surface area contributed by atoms with E-state index in [1.54, 1.807) is 105 Å². The van der Waals surface area contributed by atoms with E-state index in [9.17, 15) is 64.7 Å². The summed E-state index contributed by atoms with van der Waals surface area (Å²) in [7, 11) is 15.4. The number of nitrogens with one attached hydrogen (secondary N) is 2. The highest BCUT2D eigenvalue weighted by Gasteiger charge is 2.44. The van der Waals surface area contributed by atoms with E-state index in [1.807, 2.05) is 153 Å². The number of anilines is 3. The topological polar surface area (TPSA) is 229 Å². The number of amides is 7. The summed E-state index contributed by atoms with van der Waals surface area (Å²) in [5.41, 5.74) is 7.26. The molecule has 0 radical (unpaired) electrons. The molecule has 0 unspecified atom stereocenters. The largest absolute Gasteiger partial charge is 0.493 e. The van der Waals surface area contributed by atoms with Crippen molar-refractivity contribution < 1.29 is 88.4 Å². The highest BCUT2D eigenvalue weighted by atomic mass is 35.5. The zero-order valence-corrected chi connectivity index (χ0v) is 76.9. The summed E-state index contributed by atoms with van der Waals surface area (Å²) in [6, 6.07) is 49.3. The number of rotatable bonds is 29. The number of halogens is 9. The first-order chi connectivity index (χ1) is 61.0. The van der Waals surface area contributed by atoms with Crippen LogP contribution < -0.4 is 39.2 Å². The smallest absolute Gasteiger partial charge is 0.416 e. The molecule has 3 heterocycles. The highest BCUT2D eigenvalue weighted by Crippen LogP contribution is 2.42. The minimum Gasteiger partial charge on any atom is -0.493 e. The molecule has 10 aromatic carbocycles. The molecule has 3 aliphatic rings. The number of para-hydroxylation sites is 1. The Kier molecular flexibility index (Phi) is 35.3. The summed E-state index contributed by atoms with van der Waals surface area (Å²) in [6.45, 7) is 19.5. The third-order valence-electron chi connectivity index (χ3n) is 20.5. The third kappa shape index (κ3) is 25.9. The van der Waals surface area contributed by atoms with Crippen LogP contribution in [0.25, 0.3) is 0 Å². The number of alkyl halides is 6. The van der Waals surface area contributed by atoms with E-state index in [2.05, 4.69) is 15.5 Å². The number of likely N-dealkylation sites (N-methyl/N-ethyl adjacent to an activating group) is 4. The molecule has 0 aromatic heterocycles. The van der Waals surface area contributed by atoms with Gasteiger partial charge >= 0.3 is 12.4 Å². The summed E-state index contributed by atoms with van der Waals surface area (Å²) in [5.74, 6) is -1.56. The van der Waals surface area contributed by atoms with E-state index >= 15 is 0 Å². The van der Waals surface area contributed by atoms with E-state index in [0.29, 0.717) is 106 Å². The van der Waals surface area contributed by atoms with Crippen LogP contribution >= 0.6 is 34.8 Å². The van der Waals surface area contributed by atoms with Crippen LogP contribution in [0.2, 0.25) is 15.1 Å². The number of imide groups is 3. The Morgan fingerprint density at radius 3 is 1.30 bits per heavy atom. The van der Waals surface area contributed by atoms with Gasteiger partial charge in [-0.1, -0.05) is 114 Å². The van der Waals surface area contributed by atoms with Gasteiger partial charge in [-0.3, -0.25) is 48.2 Å². The van der Waals surface area contributed by atoms with E-state index in [4.69, 9.17) is 58.5 Å². The Morgan fingerprint density at radius 2 is 0.814 bits per heavy atom. The number of nitrogens with zero attached hydrogens (tertiary/aromatic N) is 7. The summed E-state index contributed by atoms with van der Waals surface area (Å²) in [6.07, 6.45) is -9.13. The molecule has 0 atom stereocenters. The van der Waals surface area contributed by atoms with Gasteiger partial charge in [0.1, 0.15) is 54.1 Å². The normalized spacial score (nSPS) is 12.7. The van der Waals surface area contributed by atoms with Crippen molar-refractivity contribution in [3.8, 4) is 28.7 Å². The number of hydrogen-bond acceptors (Lipinski definition) is 18. The molecule has 0 saturated carbocycles. The lowest BCUT2D eigenvalue weighted by Crippen LogP contribution is -2.30. The summed E-state index contributed by atoms with van der Waals surface area (Å²) in [5, 5.41) is 8.24. The van der Waals surface area contributed by atoms with Gasteiger partial charge in [0, 0.05) is 64.7 Å². The molecule has 0 spiro atoms. The second-order valence-electron chi connectivity index (χ2n) is 31.5. The van der Waals surface area contributed by atoms with Gasteiger partial charge in [-0.2, -0.15) is 26.3 Å². The highest BCUT2D eigenvalue weighted by molar-refractivity contribution is 6.36. The van der Waals surface area contributed by atoms with Crippen LogP contribution in [0.1, 0.15) is 158 Å². The maximum absolute atomic E-state index is 13.3. The van der Waals surface area contributed by atoms with Crippen molar-refractivity contribution >= 4 is 99.0 Å². The molecule has 0 aliphatic carbocycles. The van der Waals surface area contributed by atoms with Crippen LogP contribution in [-0.2, 0) is 25.4 Å². The minimum absolute atomic E-state index is 0.0155. The molecule has 22 nitrogen and oxygen atoms in total. The minimum atomic E-state index is -4.59. The van der Waals surface area contributed by atoms with Gasteiger partial charge in [0.25, 0.3) is 41.4 Å². The second-order valence-corrected chi connectivity index (χ2v) is 32.7. The van der Waals surface area contributed by atoms with E-state index < -0.39 is 41.1 Å². The number of hydrogen-bond donors (Lipinski definition) is 2. The zero-order valence-electron chi connectivity index (χ0n) is 74.6. The van der Waals surface area contributed by atoms with Gasteiger partial charge in [-0.15, -0.1) is 0 Å². The van der Waals surface area contributed by atoms with Gasteiger partial charge in [0.2, 0.25) is 5.78 Å². The lowest BCUT2D eigenvalue weighted by atomic mass is 9.97. The van der Waals surface area contributed by atoms with Crippen LogP contribution in [0.5, 0.6) is 28.7 Å². The average Bonchev–Trinajstić information content (AvgIpc) is 1.60. The predicted molar refractivity (Wildman–Crippen MR) is 490 cm³/mol. The molecular weight excluding hydrogens is 1730 g/mol. The predicted octanol–water partition coefficient (Wildman–Crippen LogP) is 19.7. The summed E-state index contributed by atoms with van der Waals surface area (Å²) < 4.78 is 108. The van der Waals surface area contributed by atoms with E-state index in [1.165, 1.54) is 47.9 Å². The number of aryl methyl sites for hydroxylation is 6.